The number of para-hydroxylation sites is 1. The first kappa shape index (κ1) is 20.5. The van der Waals surface area contributed by atoms with Gasteiger partial charge in [0.25, 0.3) is 0 Å². The second-order valence-electron chi connectivity index (χ2n) is 6.15. The van der Waals surface area contributed by atoms with E-state index in [2.05, 4.69) is 10.6 Å². The number of hydrogen-bond acceptors (Lipinski definition) is 6. The molecule has 2 amide bonds. The topological polar surface area (TPSA) is 97.0 Å². The summed E-state index contributed by atoms with van der Waals surface area (Å²) >= 11 is 0. The molecule has 27 heavy (non-hydrogen) atoms. The first-order valence-electron chi connectivity index (χ1n) is 9.26. The zero-order valence-corrected chi connectivity index (χ0v) is 15.8. The van der Waals surface area contributed by atoms with Crippen molar-refractivity contribution < 1.29 is 23.9 Å². The highest BCUT2D eigenvalue weighted by Crippen LogP contribution is 2.16. The molecule has 0 spiro atoms. The van der Waals surface area contributed by atoms with E-state index in [-0.39, 0.29) is 31.2 Å². The normalized spacial score (nSPS) is 14.4. The number of carbonyl (C=O) groups is 3. The van der Waals surface area contributed by atoms with Crippen molar-refractivity contribution in [2.45, 2.75) is 32.7 Å². The van der Waals surface area contributed by atoms with Gasteiger partial charge in [-0.15, -0.1) is 0 Å². The summed E-state index contributed by atoms with van der Waals surface area (Å²) in [6.45, 7) is 5.33. The smallest absolute Gasteiger partial charge is 0.409 e. The van der Waals surface area contributed by atoms with Crippen LogP contribution in [0.1, 0.15) is 37.0 Å². The first-order valence-corrected chi connectivity index (χ1v) is 9.26. The van der Waals surface area contributed by atoms with Crippen LogP contribution in [0.25, 0.3) is 0 Å². The minimum Gasteiger partial charge on any atom is -0.462 e. The third kappa shape index (κ3) is 6.16. The number of anilines is 1. The van der Waals surface area contributed by atoms with Gasteiger partial charge in [-0.1, -0.05) is 12.1 Å². The summed E-state index contributed by atoms with van der Waals surface area (Å²) in [6.07, 6.45) is 1.06. The molecule has 0 aromatic heterocycles. The summed E-state index contributed by atoms with van der Waals surface area (Å²) < 4.78 is 10.0. The maximum absolute atomic E-state index is 12.2. The van der Waals surface area contributed by atoms with E-state index < -0.39 is 5.97 Å². The van der Waals surface area contributed by atoms with Crippen molar-refractivity contribution in [3.8, 4) is 0 Å². The maximum atomic E-state index is 12.2. The fourth-order valence-electron chi connectivity index (χ4n) is 2.90. The van der Waals surface area contributed by atoms with Crippen LogP contribution in [0.2, 0.25) is 0 Å². The zero-order valence-electron chi connectivity index (χ0n) is 15.8. The van der Waals surface area contributed by atoms with Gasteiger partial charge in [-0.3, -0.25) is 4.79 Å². The van der Waals surface area contributed by atoms with Gasteiger partial charge in [0.15, 0.2) is 0 Å². The number of rotatable bonds is 7. The quantitative estimate of drug-likeness (QED) is 0.706. The molecule has 1 fully saturated rings. The molecule has 1 aliphatic heterocycles. The molecule has 0 atom stereocenters. The van der Waals surface area contributed by atoms with Gasteiger partial charge in [0.2, 0.25) is 5.91 Å². The standard InChI is InChI=1S/C19H27N3O5/c1-3-26-18(24)15-7-5-6-8-16(15)20-13-17(23)21-14-9-11-22(12-10-14)19(25)27-4-2/h5-8,14,20H,3-4,9-13H2,1-2H3,(H,21,23). The number of ether oxygens (including phenoxy) is 2. The molecule has 1 saturated heterocycles. The van der Waals surface area contributed by atoms with Crippen LogP contribution in [-0.2, 0) is 14.3 Å². The Morgan fingerprint density at radius 3 is 2.41 bits per heavy atom. The molecular weight excluding hydrogens is 350 g/mol. The molecule has 1 aliphatic rings. The van der Waals surface area contributed by atoms with Gasteiger partial charge in [-0.25, -0.2) is 9.59 Å². The van der Waals surface area contributed by atoms with Crippen LogP contribution in [0, 0.1) is 0 Å². The third-order valence-corrected chi connectivity index (χ3v) is 4.25. The number of nitrogens with zero attached hydrogens (tertiary/aromatic N) is 1. The SMILES string of the molecule is CCOC(=O)c1ccccc1NCC(=O)NC1CCN(C(=O)OCC)CC1. The number of esters is 1. The molecule has 0 bridgehead atoms. The summed E-state index contributed by atoms with van der Waals surface area (Å²) in [5, 5.41) is 5.95. The van der Waals surface area contributed by atoms with E-state index in [0.29, 0.717) is 43.8 Å². The van der Waals surface area contributed by atoms with Gasteiger partial charge < -0.3 is 25.0 Å². The van der Waals surface area contributed by atoms with Gasteiger partial charge in [0.1, 0.15) is 0 Å². The lowest BCUT2D eigenvalue weighted by Crippen LogP contribution is -2.47. The zero-order chi connectivity index (χ0) is 19.6. The number of likely N-dealkylation sites (tertiary alicyclic amines) is 1. The number of amides is 2. The third-order valence-electron chi connectivity index (χ3n) is 4.25. The van der Waals surface area contributed by atoms with Crippen molar-refractivity contribution in [1.29, 1.82) is 0 Å². The molecule has 148 valence electrons. The highest BCUT2D eigenvalue weighted by molar-refractivity contribution is 5.96. The lowest BCUT2D eigenvalue weighted by atomic mass is 10.1. The number of hydrogen-bond donors (Lipinski definition) is 2. The second-order valence-corrected chi connectivity index (χ2v) is 6.15. The van der Waals surface area contributed by atoms with E-state index in [1.54, 1.807) is 43.0 Å². The molecule has 1 heterocycles. The van der Waals surface area contributed by atoms with Crippen LogP contribution in [0.5, 0.6) is 0 Å². The van der Waals surface area contributed by atoms with E-state index in [1.165, 1.54) is 0 Å². The molecule has 2 N–H and O–H groups in total. The van der Waals surface area contributed by atoms with Crippen LogP contribution in [0.3, 0.4) is 0 Å². The Hall–Kier alpha value is -2.77. The van der Waals surface area contributed by atoms with E-state index >= 15 is 0 Å². The van der Waals surface area contributed by atoms with Crippen LogP contribution < -0.4 is 10.6 Å². The summed E-state index contributed by atoms with van der Waals surface area (Å²) in [5.41, 5.74) is 0.957. The van der Waals surface area contributed by atoms with Crippen molar-refractivity contribution in [3.05, 3.63) is 29.8 Å². The van der Waals surface area contributed by atoms with Gasteiger partial charge in [0.05, 0.1) is 25.3 Å². The van der Waals surface area contributed by atoms with Crippen LogP contribution in [0.4, 0.5) is 10.5 Å². The van der Waals surface area contributed by atoms with Crippen molar-refractivity contribution in [1.82, 2.24) is 10.2 Å². The summed E-state index contributed by atoms with van der Waals surface area (Å²) in [6, 6.07) is 6.94. The number of piperidine rings is 1. The van der Waals surface area contributed by atoms with Gasteiger partial charge in [-0.05, 0) is 38.8 Å². The Labute approximate surface area is 159 Å². The minimum atomic E-state index is -0.424. The summed E-state index contributed by atoms with van der Waals surface area (Å²) in [4.78, 5) is 37.5. The molecule has 0 unspecified atom stereocenters. The molecule has 8 nitrogen and oxygen atoms in total. The largest absolute Gasteiger partial charge is 0.462 e. The second kappa shape index (κ2) is 10.4. The molecule has 8 heteroatoms. The molecule has 0 aliphatic carbocycles. The number of nitrogens with one attached hydrogen (secondary N) is 2. The molecule has 2 rings (SSSR count). The average Bonchev–Trinajstić information content (AvgIpc) is 2.67. The van der Waals surface area contributed by atoms with Gasteiger partial charge >= 0.3 is 12.1 Å². The fraction of sp³-hybridized carbons (Fsp3) is 0.526. The number of carbonyl (C=O) groups excluding carboxylic acids is 3. The highest BCUT2D eigenvalue weighted by Gasteiger charge is 2.24. The van der Waals surface area contributed by atoms with E-state index in [9.17, 15) is 14.4 Å². The van der Waals surface area contributed by atoms with Crippen molar-refractivity contribution in [2.75, 3.05) is 38.2 Å². The summed E-state index contributed by atoms with van der Waals surface area (Å²) in [5.74, 6) is -0.587. The molecule has 0 radical (unpaired) electrons. The lowest BCUT2D eigenvalue weighted by Gasteiger charge is -2.31. The minimum absolute atomic E-state index is 0.0188. The monoisotopic (exact) mass is 377 g/mol. The Morgan fingerprint density at radius 2 is 1.74 bits per heavy atom. The first-order chi connectivity index (χ1) is 13.0. The van der Waals surface area contributed by atoms with E-state index in [1.807, 2.05) is 0 Å². The van der Waals surface area contributed by atoms with Gasteiger partial charge in [0, 0.05) is 24.8 Å². The molecule has 1 aromatic rings. The number of benzene rings is 1. The Kier molecular flexibility index (Phi) is 7.91. The van der Waals surface area contributed by atoms with E-state index in [4.69, 9.17) is 9.47 Å². The Bertz CT molecular complexity index is 657. The predicted molar refractivity (Wildman–Crippen MR) is 101 cm³/mol. The molecule has 1 aromatic carbocycles. The van der Waals surface area contributed by atoms with Crippen molar-refractivity contribution in [2.24, 2.45) is 0 Å². The van der Waals surface area contributed by atoms with E-state index in [0.717, 1.165) is 0 Å². The summed E-state index contributed by atoms with van der Waals surface area (Å²) in [7, 11) is 0. The van der Waals surface area contributed by atoms with Crippen molar-refractivity contribution in [3.63, 3.8) is 0 Å². The van der Waals surface area contributed by atoms with Crippen LogP contribution in [-0.4, -0.2) is 61.8 Å². The fourth-order valence-corrected chi connectivity index (χ4v) is 2.90. The predicted octanol–water partition coefficient (Wildman–Crippen LogP) is 2.01. The maximum Gasteiger partial charge on any atom is 0.409 e. The molecule has 0 saturated carbocycles. The van der Waals surface area contributed by atoms with Crippen molar-refractivity contribution >= 4 is 23.7 Å². The molecular formula is C19H27N3O5. The average molecular weight is 377 g/mol. The van der Waals surface area contributed by atoms with Gasteiger partial charge in [-0.2, -0.15) is 0 Å². The highest BCUT2D eigenvalue weighted by atomic mass is 16.6. The Balaban J connectivity index is 1.79. The van der Waals surface area contributed by atoms with Crippen LogP contribution in [0.15, 0.2) is 24.3 Å². The Morgan fingerprint density at radius 1 is 1.07 bits per heavy atom. The lowest BCUT2D eigenvalue weighted by molar-refractivity contribution is -0.120. The van der Waals surface area contributed by atoms with Crippen LogP contribution >= 0.6 is 0 Å².